The minimum Gasteiger partial charge on any atom is -0.367 e. The highest BCUT2D eigenvalue weighted by Gasteiger charge is 2.27. The summed E-state index contributed by atoms with van der Waals surface area (Å²) in [6.07, 6.45) is -0.845. The third-order valence-electron chi connectivity index (χ3n) is 4.13. The molecule has 0 spiro atoms. The van der Waals surface area contributed by atoms with E-state index >= 15 is 0 Å². The summed E-state index contributed by atoms with van der Waals surface area (Å²) < 4.78 is 18.5. The minimum atomic E-state index is -0.845. The standard InChI is InChI=1S/C19H19FN4O4/c20-13-4-2-6-15(10-13)22-18(26)12-3-1-5-14(9-12)23-19(27)24-7-8-28-16(11-24)17(21)25/h1-6,9-10,16H,7-8,11H2,(H2,21,25)(H,22,26)(H,23,27). The van der Waals surface area contributed by atoms with Gasteiger partial charge in [-0.3, -0.25) is 9.59 Å². The predicted octanol–water partition coefficient (Wildman–Crippen LogP) is 1.80. The molecule has 146 valence electrons. The van der Waals surface area contributed by atoms with Crippen molar-refractivity contribution in [1.29, 1.82) is 0 Å². The quantitative estimate of drug-likeness (QED) is 0.743. The van der Waals surface area contributed by atoms with Crippen LogP contribution in [0.5, 0.6) is 0 Å². The fraction of sp³-hybridized carbons (Fsp3) is 0.211. The first-order chi connectivity index (χ1) is 13.4. The number of anilines is 2. The summed E-state index contributed by atoms with van der Waals surface area (Å²) in [6.45, 7) is 0.577. The highest BCUT2D eigenvalue weighted by atomic mass is 19.1. The van der Waals surface area contributed by atoms with Crippen LogP contribution in [0.25, 0.3) is 0 Å². The summed E-state index contributed by atoms with van der Waals surface area (Å²) in [5, 5.41) is 5.27. The number of nitrogens with zero attached hydrogens (tertiary/aromatic N) is 1. The van der Waals surface area contributed by atoms with Crippen molar-refractivity contribution in [1.82, 2.24) is 4.90 Å². The van der Waals surface area contributed by atoms with Crippen LogP contribution < -0.4 is 16.4 Å². The van der Waals surface area contributed by atoms with E-state index in [1.807, 2.05) is 0 Å². The molecule has 28 heavy (non-hydrogen) atoms. The van der Waals surface area contributed by atoms with Crippen molar-refractivity contribution in [3.8, 4) is 0 Å². The average molecular weight is 386 g/mol. The zero-order chi connectivity index (χ0) is 20.1. The van der Waals surface area contributed by atoms with Crippen molar-refractivity contribution < 1.29 is 23.5 Å². The number of benzene rings is 2. The van der Waals surface area contributed by atoms with Crippen molar-refractivity contribution in [2.24, 2.45) is 5.73 Å². The van der Waals surface area contributed by atoms with Gasteiger partial charge in [0.1, 0.15) is 5.82 Å². The fourth-order valence-corrected chi connectivity index (χ4v) is 2.72. The predicted molar refractivity (Wildman–Crippen MR) is 100 cm³/mol. The lowest BCUT2D eigenvalue weighted by Crippen LogP contribution is -2.51. The monoisotopic (exact) mass is 386 g/mol. The van der Waals surface area contributed by atoms with Gasteiger partial charge in [0.2, 0.25) is 5.91 Å². The minimum absolute atomic E-state index is 0.0565. The third kappa shape index (κ3) is 4.83. The normalized spacial score (nSPS) is 16.3. The lowest BCUT2D eigenvalue weighted by Gasteiger charge is -2.31. The van der Waals surface area contributed by atoms with Crippen LogP contribution >= 0.6 is 0 Å². The number of carbonyl (C=O) groups excluding carboxylic acids is 3. The van der Waals surface area contributed by atoms with Crippen molar-refractivity contribution >= 4 is 29.2 Å². The van der Waals surface area contributed by atoms with Gasteiger partial charge in [-0.05, 0) is 36.4 Å². The molecule has 3 rings (SSSR count). The number of carbonyl (C=O) groups is 3. The molecule has 1 heterocycles. The largest absolute Gasteiger partial charge is 0.367 e. The van der Waals surface area contributed by atoms with Gasteiger partial charge in [0.25, 0.3) is 5.91 Å². The van der Waals surface area contributed by atoms with Crippen LogP contribution in [0.2, 0.25) is 0 Å². The molecule has 1 fully saturated rings. The Balaban J connectivity index is 1.65. The Hall–Kier alpha value is -3.46. The van der Waals surface area contributed by atoms with Crippen LogP contribution in [0, 0.1) is 5.82 Å². The molecule has 0 aromatic heterocycles. The zero-order valence-corrected chi connectivity index (χ0v) is 14.9. The summed E-state index contributed by atoms with van der Waals surface area (Å²) in [6, 6.07) is 11.4. The second-order valence-electron chi connectivity index (χ2n) is 6.18. The number of nitrogens with two attached hydrogens (primary N) is 1. The van der Waals surface area contributed by atoms with Gasteiger partial charge in [0.05, 0.1) is 13.2 Å². The Labute approximate surface area is 160 Å². The molecule has 0 saturated carbocycles. The van der Waals surface area contributed by atoms with Crippen molar-refractivity contribution in [2.45, 2.75) is 6.10 Å². The molecule has 1 atom stereocenters. The average Bonchev–Trinajstić information content (AvgIpc) is 2.68. The fourth-order valence-electron chi connectivity index (χ4n) is 2.72. The van der Waals surface area contributed by atoms with Crippen LogP contribution in [-0.2, 0) is 9.53 Å². The lowest BCUT2D eigenvalue weighted by atomic mass is 10.2. The Kier molecular flexibility index (Phi) is 5.85. The van der Waals surface area contributed by atoms with Gasteiger partial charge >= 0.3 is 6.03 Å². The summed E-state index contributed by atoms with van der Waals surface area (Å²) in [5.74, 6) is -1.53. The van der Waals surface area contributed by atoms with Gasteiger partial charge in [-0.15, -0.1) is 0 Å². The van der Waals surface area contributed by atoms with Crippen molar-refractivity contribution in [3.63, 3.8) is 0 Å². The van der Waals surface area contributed by atoms with Crippen LogP contribution in [-0.4, -0.2) is 48.5 Å². The van der Waals surface area contributed by atoms with E-state index in [4.69, 9.17) is 10.5 Å². The molecule has 4 amide bonds. The molecule has 2 aromatic carbocycles. The smallest absolute Gasteiger partial charge is 0.322 e. The molecule has 1 unspecified atom stereocenters. The van der Waals surface area contributed by atoms with Gasteiger partial charge in [0.15, 0.2) is 6.10 Å². The van der Waals surface area contributed by atoms with Crippen LogP contribution in [0.3, 0.4) is 0 Å². The Bertz CT molecular complexity index is 905. The third-order valence-corrected chi connectivity index (χ3v) is 4.13. The Morgan fingerprint density at radius 2 is 1.79 bits per heavy atom. The summed E-state index contributed by atoms with van der Waals surface area (Å²) in [7, 11) is 0. The van der Waals surface area contributed by atoms with Crippen LogP contribution in [0.15, 0.2) is 48.5 Å². The first kappa shape index (κ1) is 19.3. The molecule has 4 N–H and O–H groups in total. The maximum absolute atomic E-state index is 13.2. The number of nitrogens with one attached hydrogen (secondary N) is 2. The summed E-state index contributed by atoms with van der Waals surface area (Å²) >= 11 is 0. The van der Waals surface area contributed by atoms with E-state index in [0.29, 0.717) is 23.5 Å². The first-order valence-corrected chi connectivity index (χ1v) is 8.56. The van der Waals surface area contributed by atoms with Gasteiger partial charge in [-0.25, -0.2) is 9.18 Å². The number of amides is 4. The molecule has 1 aliphatic heterocycles. The number of primary amides is 1. The number of hydrogen-bond acceptors (Lipinski definition) is 4. The van der Waals surface area contributed by atoms with E-state index in [2.05, 4.69) is 10.6 Å². The molecule has 0 aliphatic carbocycles. The molecular weight excluding hydrogens is 367 g/mol. The zero-order valence-electron chi connectivity index (χ0n) is 14.9. The number of ether oxygens (including phenoxy) is 1. The number of halogens is 1. The second kappa shape index (κ2) is 8.49. The number of morpholine rings is 1. The Morgan fingerprint density at radius 3 is 2.50 bits per heavy atom. The second-order valence-corrected chi connectivity index (χ2v) is 6.18. The number of urea groups is 1. The van der Waals surface area contributed by atoms with Gasteiger partial charge in [0, 0.05) is 23.5 Å². The summed E-state index contributed by atoms with van der Waals surface area (Å²) in [5.41, 5.74) is 6.23. The molecule has 0 bridgehead atoms. The SMILES string of the molecule is NC(=O)C1CN(C(=O)Nc2cccc(C(=O)Nc3cccc(F)c3)c2)CCO1. The van der Waals surface area contributed by atoms with Gasteiger partial charge in [-0.1, -0.05) is 12.1 Å². The van der Waals surface area contributed by atoms with E-state index in [0.717, 1.165) is 0 Å². The molecule has 8 nitrogen and oxygen atoms in total. The van der Waals surface area contributed by atoms with Crippen molar-refractivity contribution in [3.05, 3.63) is 59.9 Å². The Morgan fingerprint density at radius 1 is 1.07 bits per heavy atom. The van der Waals surface area contributed by atoms with Gasteiger partial charge < -0.3 is 26.0 Å². The van der Waals surface area contributed by atoms with E-state index in [-0.39, 0.29) is 13.2 Å². The van der Waals surface area contributed by atoms with E-state index in [9.17, 15) is 18.8 Å². The van der Waals surface area contributed by atoms with Crippen LogP contribution in [0.4, 0.5) is 20.6 Å². The maximum Gasteiger partial charge on any atom is 0.322 e. The summed E-state index contributed by atoms with van der Waals surface area (Å²) in [4.78, 5) is 37.4. The molecule has 2 aromatic rings. The number of hydrogen-bond donors (Lipinski definition) is 3. The van der Waals surface area contributed by atoms with E-state index in [1.165, 1.54) is 29.2 Å². The number of rotatable bonds is 4. The van der Waals surface area contributed by atoms with Crippen molar-refractivity contribution in [2.75, 3.05) is 30.3 Å². The van der Waals surface area contributed by atoms with Crippen LogP contribution in [0.1, 0.15) is 10.4 Å². The maximum atomic E-state index is 13.2. The molecule has 0 radical (unpaired) electrons. The van der Waals surface area contributed by atoms with Gasteiger partial charge in [-0.2, -0.15) is 0 Å². The topological polar surface area (TPSA) is 114 Å². The molecule has 1 aliphatic rings. The molecule has 9 heteroatoms. The highest BCUT2D eigenvalue weighted by molar-refractivity contribution is 6.05. The van der Waals surface area contributed by atoms with E-state index < -0.39 is 29.8 Å². The first-order valence-electron chi connectivity index (χ1n) is 8.56. The molecular formula is C19H19FN4O4. The van der Waals surface area contributed by atoms with E-state index in [1.54, 1.807) is 24.3 Å². The highest BCUT2D eigenvalue weighted by Crippen LogP contribution is 2.16. The molecule has 1 saturated heterocycles. The lowest BCUT2D eigenvalue weighted by molar-refractivity contribution is -0.133.